The van der Waals surface area contributed by atoms with E-state index in [4.69, 9.17) is 9.47 Å². The van der Waals surface area contributed by atoms with Gasteiger partial charge in [-0.25, -0.2) is 0 Å². The summed E-state index contributed by atoms with van der Waals surface area (Å²) in [5.41, 5.74) is 10.4. The Hall–Kier alpha value is -6.20. The van der Waals surface area contributed by atoms with Gasteiger partial charge in [0, 0.05) is 38.4 Å². The number of rotatable bonds is 2. The second-order valence-corrected chi connectivity index (χ2v) is 12.5. The van der Waals surface area contributed by atoms with Crippen molar-refractivity contribution in [3.05, 3.63) is 152 Å². The van der Waals surface area contributed by atoms with Crippen LogP contribution in [0.1, 0.15) is 0 Å². The lowest BCUT2D eigenvalue weighted by Crippen LogP contribution is -2.57. The molecular weight excluding hydrogens is 575 g/mol. The van der Waals surface area contributed by atoms with Crippen LogP contribution in [-0.2, 0) is 0 Å². The van der Waals surface area contributed by atoms with Gasteiger partial charge in [-0.15, -0.1) is 0 Å². The van der Waals surface area contributed by atoms with Crippen molar-refractivity contribution in [2.45, 2.75) is 0 Å². The van der Waals surface area contributed by atoms with Crippen molar-refractivity contribution in [1.29, 1.82) is 0 Å². The number of ether oxygens (including phenoxy) is 2. The molecule has 0 spiro atoms. The van der Waals surface area contributed by atoms with Gasteiger partial charge in [-0.05, 0) is 77.7 Å². The van der Waals surface area contributed by atoms with Crippen molar-refractivity contribution >= 4 is 66.7 Å². The number of nitrogens with zero attached hydrogens (tertiary/aromatic N) is 2. The minimum atomic E-state index is 0.00273. The molecule has 0 saturated carbocycles. The summed E-state index contributed by atoms with van der Waals surface area (Å²) in [4.78, 5) is 0. The maximum Gasteiger partial charge on any atom is 0.260 e. The SMILES string of the molecule is c1ccc(-n2c3ccccc3c3c2ccc2c4ccccc4n(-c4ccc5c(c4)B4c6ccccc6Oc6cccc(c64)O5)c23)cc1. The van der Waals surface area contributed by atoms with E-state index in [1.807, 2.05) is 24.3 Å². The molecule has 4 heterocycles. The second kappa shape index (κ2) is 9.18. The molecule has 0 fully saturated rings. The van der Waals surface area contributed by atoms with Crippen LogP contribution in [-0.4, -0.2) is 15.8 Å². The molecule has 0 aliphatic carbocycles. The average Bonchev–Trinajstić information content (AvgIpc) is 3.65. The van der Waals surface area contributed by atoms with E-state index in [9.17, 15) is 0 Å². The summed E-state index contributed by atoms with van der Waals surface area (Å²) >= 11 is 0. The fourth-order valence-corrected chi connectivity index (χ4v) is 8.14. The van der Waals surface area contributed by atoms with Crippen LogP contribution in [0.3, 0.4) is 0 Å². The van der Waals surface area contributed by atoms with Crippen LogP contribution in [0.15, 0.2) is 152 Å². The molecule has 0 amide bonds. The van der Waals surface area contributed by atoms with Crippen molar-refractivity contribution in [3.63, 3.8) is 0 Å². The first kappa shape index (κ1) is 25.0. The molecule has 47 heavy (non-hydrogen) atoms. The molecule has 0 atom stereocenters. The summed E-state index contributed by atoms with van der Waals surface area (Å²) in [6, 6.07) is 54.0. The van der Waals surface area contributed by atoms with Gasteiger partial charge in [0.05, 0.1) is 22.1 Å². The van der Waals surface area contributed by atoms with Gasteiger partial charge in [0.1, 0.15) is 23.0 Å². The zero-order valence-corrected chi connectivity index (χ0v) is 25.2. The molecule has 7 aromatic carbocycles. The molecule has 9 aromatic rings. The number of hydrogen-bond acceptors (Lipinski definition) is 2. The summed E-state index contributed by atoms with van der Waals surface area (Å²) in [5.74, 6) is 3.49. The normalized spacial score (nSPS) is 13.0. The molecule has 2 aliphatic heterocycles. The van der Waals surface area contributed by atoms with E-state index in [1.165, 1.54) is 43.6 Å². The van der Waals surface area contributed by atoms with Crippen molar-refractivity contribution in [3.8, 4) is 34.4 Å². The number of aromatic nitrogens is 2. The smallest absolute Gasteiger partial charge is 0.260 e. The van der Waals surface area contributed by atoms with Gasteiger partial charge in [-0.3, -0.25) is 0 Å². The zero-order valence-electron chi connectivity index (χ0n) is 25.2. The third-order valence-electron chi connectivity index (χ3n) is 10.0. The minimum absolute atomic E-state index is 0.00273. The standard InChI is InChI=1S/C42H25BN2O2/c1-2-11-26(12-3-1)44-34-17-8-5-14-30(34)40-35(44)23-22-29-28-13-4-7-16-33(28)45(42(29)40)27-21-24-37-32(25-27)43-31-15-6-9-18-36(31)46-38-19-10-20-39(47-37)41(38)43/h1-25H. The molecule has 2 aliphatic rings. The lowest BCUT2D eigenvalue weighted by Gasteiger charge is -2.33. The lowest BCUT2D eigenvalue weighted by atomic mass is 9.35. The van der Waals surface area contributed by atoms with Gasteiger partial charge in [-0.1, -0.05) is 84.9 Å². The van der Waals surface area contributed by atoms with Crippen molar-refractivity contribution in [1.82, 2.24) is 9.13 Å². The van der Waals surface area contributed by atoms with Crippen LogP contribution in [0.4, 0.5) is 0 Å². The molecule has 5 heteroatoms. The molecule has 2 aromatic heterocycles. The number of para-hydroxylation sites is 4. The van der Waals surface area contributed by atoms with Gasteiger partial charge in [0.2, 0.25) is 0 Å². The van der Waals surface area contributed by atoms with Gasteiger partial charge >= 0.3 is 0 Å². The lowest BCUT2D eigenvalue weighted by molar-refractivity contribution is 0.464. The molecule has 218 valence electrons. The van der Waals surface area contributed by atoms with E-state index >= 15 is 0 Å². The second-order valence-electron chi connectivity index (χ2n) is 12.5. The van der Waals surface area contributed by atoms with E-state index in [0.29, 0.717) is 0 Å². The predicted octanol–water partition coefficient (Wildman–Crippen LogP) is 8.61. The van der Waals surface area contributed by atoms with E-state index in [1.54, 1.807) is 0 Å². The topological polar surface area (TPSA) is 28.3 Å². The minimum Gasteiger partial charge on any atom is -0.458 e. The van der Waals surface area contributed by atoms with Crippen LogP contribution < -0.4 is 25.9 Å². The number of hydrogen-bond donors (Lipinski definition) is 0. The first-order valence-electron chi connectivity index (χ1n) is 16.1. The maximum atomic E-state index is 6.57. The fraction of sp³-hybridized carbons (Fsp3) is 0. The molecule has 0 unspecified atom stereocenters. The Kier molecular flexibility index (Phi) is 4.89. The predicted molar refractivity (Wildman–Crippen MR) is 193 cm³/mol. The highest BCUT2D eigenvalue weighted by atomic mass is 16.5. The zero-order chi connectivity index (χ0) is 30.6. The summed E-state index contributed by atoms with van der Waals surface area (Å²) in [5, 5.41) is 4.96. The van der Waals surface area contributed by atoms with E-state index in [-0.39, 0.29) is 6.71 Å². The third-order valence-corrected chi connectivity index (χ3v) is 10.0. The van der Waals surface area contributed by atoms with Crippen LogP contribution in [0.2, 0.25) is 0 Å². The molecule has 0 radical (unpaired) electrons. The molecule has 0 N–H and O–H groups in total. The highest BCUT2D eigenvalue weighted by Crippen LogP contribution is 2.42. The maximum absolute atomic E-state index is 6.57. The summed E-state index contributed by atoms with van der Waals surface area (Å²) in [6.07, 6.45) is 0. The van der Waals surface area contributed by atoms with E-state index in [0.717, 1.165) is 50.8 Å². The summed E-state index contributed by atoms with van der Waals surface area (Å²) in [6.45, 7) is 0.00273. The first-order valence-corrected chi connectivity index (χ1v) is 16.1. The third kappa shape index (κ3) is 3.32. The first-order chi connectivity index (χ1) is 23.3. The quantitative estimate of drug-likeness (QED) is 0.186. The van der Waals surface area contributed by atoms with Crippen molar-refractivity contribution < 1.29 is 9.47 Å². The Morgan fingerprint density at radius 2 is 1.06 bits per heavy atom. The van der Waals surface area contributed by atoms with Crippen LogP contribution in [0.5, 0.6) is 23.0 Å². The van der Waals surface area contributed by atoms with Crippen LogP contribution in [0.25, 0.3) is 55.0 Å². The van der Waals surface area contributed by atoms with E-state index < -0.39 is 0 Å². The Morgan fingerprint density at radius 3 is 1.89 bits per heavy atom. The van der Waals surface area contributed by atoms with Crippen LogP contribution in [0, 0.1) is 0 Å². The highest BCUT2D eigenvalue weighted by Gasteiger charge is 2.40. The Morgan fingerprint density at radius 1 is 0.404 bits per heavy atom. The van der Waals surface area contributed by atoms with Gasteiger partial charge in [0.25, 0.3) is 6.71 Å². The fourth-order valence-electron chi connectivity index (χ4n) is 8.14. The average molecular weight is 600 g/mol. The Balaban J connectivity index is 1.25. The number of benzene rings is 7. The molecule has 4 nitrogen and oxygen atoms in total. The van der Waals surface area contributed by atoms with E-state index in [2.05, 4.69) is 137 Å². The molecule has 11 rings (SSSR count). The van der Waals surface area contributed by atoms with Crippen molar-refractivity contribution in [2.75, 3.05) is 0 Å². The summed E-state index contributed by atoms with van der Waals surface area (Å²) < 4.78 is 17.8. The van der Waals surface area contributed by atoms with Gasteiger partial charge in [-0.2, -0.15) is 0 Å². The summed E-state index contributed by atoms with van der Waals surface area (Å²) in [7, 11) is 0. The molecule has 0 saturated heterocycles. The number of fused-ring (bicyclic) bond motifs is 11. The highest BCUT2D eigenvalue weighted by molar-refractivity contribution is 6.98. The van der Waals surface area contributed by atoms with Gasteiger partial charge in [0.15, 0.2) is 0 Å². The molecular formula is C42H25BN2O2. The Bertz CT molecular complexity index is 2740. The largest absolute Gasteiger partial charge is 0.458 e. The van der Waals surface area contributed by atoms with Crippen molar-refractivity contribution in [2.24, 2.45) is 0 Å². The van der Waals surface area contributed by atoms with Crippen LogP contribution >= 0.6 is 0 Å². The Labute approximate surface area is 270 Å². The van der Waals surface area contributed by atoms with Gasteiger partial charge < -0.3 is 18.6 Å². The molecule has 0 bridgehead atoms. The monoisotopic (exact) mass is 600 g/mol.